The van der Waals surface area contributed by atoms with Crippen LogP contribution in [0, 0.1) is 0 Å². The average Bonchev–Trinajstić information content (AvgIpc) is 2.41. The maximum Gasteiger partial charge on any atom is 0.484 e. The maximum absolute atomic E-state index is 14.0. The molecule has 0 aromatic rings. The van der Waals surface area contributed by atoms with E-state index < -0.39 is 57.0 Å². The fourth-order valence-corrected chi connectivity index (χ4v) is 3.12. The van der Waals surface area contributed by atoms with Crippen molar-refractivity contribution in [2.45, 2.75) is 46.9 Å². The molecule has 0 N–H and O–H groups in total. The van der Waals surface area contributed by atoms with E-state index in [4.69, 9.17) is 0 Å². The molecule has 0 aromatic carbocycles. The zero-order chi connectivity index (χ0) is 23.2. The van der Waals surface area contributed by atoms with Crippen LogP contribution in [0.3, 0.4) is 0 Å². The minimum atomic E-state index is -8.86. The van der Waals surface area contributed by atoms with E-state index in [0.29, 0.717) is 0 Å². The van der Waals surface area contributed by atoms with Crippen molar-refractivity contribution in [1.29, 1.82) is 0 Å². The molecule has 0 amide bonds. The first kappa shape index (κ1) is 24.8. The van der Waals surface area contributed by atoms with Crippen LogP contribution in [0.4, 0.5) is 70.2 Å². The SMILES string of the molecule is O=S(=O)(OC(F)(F)C(F)(F)F)C1(F)C(F)(F)C(F)(F)C(F)(F)C(F)(F)C1(F)F. The summed E-state index contributed by atoms with van der Waals surface area (Å²) in [5.74, 6) is -40.4. The van der Waals surface area contributed by atoms with Crippen LogP contribution in [-0.2, 0) is 14.3 Å². The molecule has 0 aromatic heterocycles. The first-order valence-corrected chi connectivity index (χ1v) is 7.09. The Hall–Kier alpha value is -1.21. The topological polar surface area (TPSA) is 43.4 Å². The Labute approximate surface area is 141 Å². The number of rotatable bonds is 3. The van der Waals surface area contributed by atoms with Crippen molar-refractivity contribution in [2.75, 3.05) is 0 Å². The molecule has 1 fully saturated rings. The van der Waals surface area contributed by atoms with Crippen molar-refractivity contribution in [2.24, 2.45) is 0 Å². The number of hydrogen-bond acceptors (Lipinski definition) is 3. The Morgan fingerprint density at radius 2 is 0.786 bits per heavy atom. The highest BCUT2D eigenvalue weighted by molar-refractivity contribution is 7.88. The van der Waals surface area contributed by atoms with Crippen LogP contribution < -0.4 is 0 Å². The lowest BCUT2D eigenvalue weighted by Crippen LogP contribution is -2.85. The van der Waals surface area contributed by atoms with Gasteiger partial charge in [-0.2, -0.15) is 78.5 Å². The fraction of sp³-hybridized carbons (Fsp3) is 1.00. The molecule has 1 aliphatic rings. The molecule has 3 nitrogen and oxygen atoms in total. The Balaban J connectivity index is 3.94. The molecular formula is C8F16O3S. The lowest BCUT2D eigenvalue weighted by Gasteiger charge is -2.51. The molecule has 0 unspecified atom stereocenters. The molecular weight excluding hydrogens is 480 g/mol. The molecule has 0 bridgehead atoms. The smallest absolute Gasteiger partial charge is 0.209 e. The quantitative estimate of drug-likeness (QED) is 0.446. The van der Waals surface area contributed by atoms with E-state index in [1.54, 1.807) is 0 Å². The molecule has 0 atom stereocenters. The van der Waals surface area contributed by atoms with Crippen LogP contribution in [0.5, 0.6) is 0 Å². The van der Waals surface area contributed by atoms with Gasteiger partial charge in [-0.25, -0.2) is 4.39 Å². The van der Waals surface area contributed by atoms with Gasteiger partial charge in [0.25, 0.3) is 0 Å². The van der Waals surface area contributed by atoms with E-state index in [-0.39, 0.29) is 0 Å². The van der Waals surface area contributed by atoms with E-state index in [9.17, 15) is 78.7 Å². The summed E-state index contributed by atoms with van der Waals surface area (Å²) in [5.41, 5.74) is 0. The largest absolute Gasteiger partial charge is 0.484 e. The zero-order valence-electron chi connectivity index (χ0n) is 11.7. The van der Waals surface area contributed by atoms with E-state index in [2.05, 4.69) is 0 Å². The summed E-state index contributed by atoms with van der Waals surface area (Å²) in [4.78, 5) is 0. The maximum atomic E-state index is 14.0. The molecule has 0 spiro atoms. The normalized spacial score (nSPS) is 28.0. The van der Waals surface area contributed by atoms with Crippen LogP contribution >= 0.6 is 0 Å². The average molecular weight is 480 g/mol. The second kappa shape index (κ2) is 5.48. The summed E-state index contributed by atoms with van der Waals surface area (Å²) >= 11 is 0. The molecule has 0 heterocycles. The molecule has 28 heavy (non-hydrogen) atoms. The standard InChI is InChI=1S/C8F16O3S/c9-1(10)2(11,12)4(15,16)6(19,5(17,18)3(1,13)14)28(25,26)27-8(23,24)7(20,21)22. The number of alkyl halides is 16. The first-order valence-electron chi connectivity index (χ1n) is 5.68. The Morgan fingerprint density at radius 3 is 1.04 bits per heavy atom. The molecule has 0 aliphatic heterocycles. The van der Waals surface area contributed by atoms with Gasteiger partial charge < -0.3 is 0 Å². The second-order valence-electron chi connectivity index (χ2n) is 5.02. The van der Waals surface area contributed by atoms with Gasteiger partial charge in [0.1, 0.15) is 0 Å². The molecule has 1 rings (SSSR count). The summed E-state index contributed by atoms with van der Waals surface area (Å²) in [6, 6.07) is 0. The van der Waals surface area contributed by atoms with Crippen molar-refractivity contribution in [3.63, 3.8) is 0 Å². The van der Waals surface area contributed by atoms with Gasteiger partial charge in [-0.1, -0.05) is 0 Å². The highest BCUT2D eigenvalue weighted by Crippen LogP contribution is 2.71. The zero-order valence-corrected chi connectivity index (χ0v) is 12.5. The minimum Gasteiger partial charge on any atom is -0.209 e. The van der Waals surface area contributed by atoms with Gasteiger partial charge in [0.15, 0.2) is 0 Å². The van der Waals surface area contributed by atoms with Crippen LogP contribution in [0.2, 0.25) is 0 Å². The lowest BCUT2D eigenvalue weighted by atomic mass is 9.81. The van der Waals surface area contributed by atoms with Crippen molar-refractivity contribution >= 4 is 10.1 Å². The van der Waals surface area contributed by atoms with Gasteiger partial charge in [0, 0.05) is 0 Å². The summed E-state index contributed by atoms with van der Waals surface area (Å²) in [6.45, 7) is 0. The van der Waals surface area contributed by atoms with Crippen LogP contribution in [-0.4, -0.2) is 55.3 Å². The number of hydrogen-bond donors (Lipinski definition) is 0. The monoisotopic (exact) mass is 480 g/mol. The summed E-state index contributed by atoms with van der Waals surface area (Å²) in [7, 11) is -8.86. The Morgan fingerprint density at radius 1 is 0.536 bits per heavy atom. The van der Waals surface area contributed by atoms with E-state index in [0.717, 1.165) is 0 Å². The van der Waals surface area contributed by atoms with Crippen molar-refractivity contribution in [3.05, 3.63) is 0 Å². The van der Waals surface area contributed by atoms with Crippen LogP contribution in [0.15, 0.2) is 0 Å². The van der Waals surface area contributed by atoms with E-state index in [1.807, 2.05) is 0 Å². The van der Waals surface area contributed by atoms with Gasteiger partial charge in [-0.3, -0.25) is 0 Å². The fourth-order valence-electron chi connectivity index (χ4n) is 1.75. The van der Waals surface area contributed by atoms with Crippen LogP contribution in [0.1, 0.15) is 0 Å². The highest BCUT2D eigenvalue weighted by atomic mass is 32.2. The Kier molecular flexibility index (Phi) is 4.86. The predicted octanol–water partition coefficient (Wildman–Crippen LogP) is 4.34. The first-order chi connectivity index (χ1) is 11.7. The molecule has 20 heteroatoms. The molecule has 0 saturated heterocycles. The summed E-state index contributed by atoms with van der Waals surface area (Å²) < 4.78 is 229. The van der Waals surface area contributed by atoms with Gasteiger partial charge in [0.2, 0.25) is 0 Å². The number of halogens is 16. The predicted molar refractivity (Wildman–Crippen MR) is 49.6 cm³/mol. The van der Waals surface area contributed by atoms with Gasteiger partial charge in [-0.05, 0) is 0 Å². The van der Waals surface area contributed by atoms with E-state index in [1.165, 1.54) is 4.18 Å². The van der Waals surface area contributed by atoms with Gasteiger partial charge in [-0.15, -0.1) is 0 Å². The molecule has 0 radical (unpaired) electrons. The highest BCUT2D eigenvalue weighted by Gasteiger charge is 3.04. The molecule has 1 saturated carbocycles. The minimum absolute atomic E-state index is 1.43. The van der Waals surface area contributed by atoms with Crippen molar-refractivity contribution in [1.82, 2.24) is 0 Å². The second-order valence-corrected chi connectivity index (χ2v) is 6.66. The van der Waals surface area contributed by atoms with E-state index >= 15 is 0 Å². The van der Waals surface area contributed by atoms with Crippen molar-refractivity contribution in [3.8, 4) is 0 Å². The van der Waals surface area contributed by atoms with Crippen LogP contribution in [0.25, 0.3) is 0 Å². The molecule has 1 aliphatic carbocycles. The van der Waals surface area contributed by atoms with Gasteiger partial charge >= 0.3 is 57.0 Å². The third-order valence-corrected chi connectivity index (χ3v) is 4.90. The lowest BCUT2D eigenvalue weighted by molar-refractivity contribution is -0.471. The van der Waals surface area contributed by atoms with Crippen molar-refractivity contribution < 1.29 is 82.8 Å². The third-order valence-electron chi connectivity index (χ3n) is 3.27. The third kappa shape index (κ3) is 2.38. The Bertz CT molecular complexity index is 718. The molecule has 168 valence electrons. The summed E-state index contributed by atoms with van der Waals surface area (Å²) in [5, 5.41) is -8.21. The summed E-state index contributed by atoms with van der Waals surface area (Å²) in [6.07, 6.45) is -14.7. The van der Waals surface area contributed by atoms with Gasteiger partial charge in [0.05, 0.1) is 0 Å².